The lowest BCUT2D eigenvalue weighted by Crippen LogP contribution is -2.44. The number of piperazine rings is 1. The summed E-state index contributed by atoms with van der Waals surface area (Å²) in [5.41, 5.74) is 5.79. The predicted molar refractivity (Wildman–Crippen MR) is 137 cm³/mol. The molecule has 1 atom stereocenters. The van der Waals surface area contributed by atoms with Crippen LogP contribution in [0.5, 0.6) is 5.75 Å². The van der Waals surface area contributed by atoms with E-state index >= 15 is 0 Å². The summed E-state index contributed by atoms with van der Waals surface area (Å²) in [7, 11) is 4.04. The van der Waals surface area contributed by atoms with Crippen LogP contribution in [0.2, 0.25) is 0 Å². The van der Waals surface area contributed by atoms with Gasteiger partial charge in [-0.3, -0.25) is 9.48 Å². The molecule has 1 saturated heterocycles. The minimum atomic E-state index is -0.162. The molecule has 1 fully saturated rings. The number of hydrogen-bond acceptors (Lipinski definition) is 5. The second kappa shape index (κ2) is 10.3. The molecule has 0 aliphatic carbocycles. The fraction of sp³-hybridized carbons (Fsp3) is 0.407. The van der Waals surface area contributed by atoms with Crippen molar-refractivity contribution in [1.29, 1.82) is 0 Å². The Morgan fingerprint density at radius 3 is 2.56 bits per heavy atom. The predicted octanol–water partition coefficient (Wildman–Crippen LogP) is 4.04. The Morgan fingerprint density at radius 1 is 1.12 bits per heavy atom. The van der Waals surface area contributed by atoms with Crippen molar-refractivity contribution in [3.63, 3.8) is 0 Å². The van der Waals surface area contributed by atoms with Crippen LogP contribution < -0.4 is 15.0 Å². The molecule has 1 aromatic heterocycles. The van der Waals surface area contributed by atoms with Crippen LogP contribution in [0.3, 0.4) is 0 Å². The molecule has 0 spiro atoms. The number of nitrogens with one attached hydrogen (secondary N) is 1. The van der Waals surface area contributed by atoms with Crippen LogP contribution in [0.15, 0.2) is 48.8 Å². The summed E-state index contributed by atoms with van der Waals surface area (Å²) >= 11 is 0. The molecule has 1 amide bonds. The van der Waals surface area contributed by atoms with Crippen LogP contribution in [0, 0.1) is 6.92 Å². The van der Waals surface area contributed by atoms with Crippen LogP contribution >= 0.6 is 0 Å². The lowest BCUT2D eigenvalue weighted by molar-refractivity contribution is 0.0939. The number of hydrogen-bond donors (Lipinski definition) is 1. The highest BCUT2D eigenvalue weighted by atomic mass is 16.5. The second-order valence-electron chi connectivity index (χ2n) is 9.08. The van der Waals surface area contributed by atoms with Crippen molar-refractivity contribution < 1.29 is 9.53 Å². The summed E-state index contributed by atoms with van der Waals surface area (Å²) < 4.78 is 7.62. The fourth-order valence-corrected chi connectivity index (χ4v) is 4.36. The first-order chi connectivity index (χ1) is 16.4. The van der Waals surface area contributed by atoms with Crippen LogP contribution in [0.1, 0.15) is 41.4 Å². The Balaban J connectivity index is 1.54. The lowest BCUT2D eigenvalue weighted by Gasteiger charge is -2.34. The van der Waals surface area contributed by atoms with E-state index in [-0.39, 0.29) is 11.9 Å². The molecule has 0 saturated carbocycles. The second-order valence-corrected chi connectivity index (χ2v) is 9.08. The number of aryl methyl sites for hydroxylation is 2. The number of carbonyl (C=O) groups is 1. The molecule has 7 heteroatoms. The van der Waals surface area contributed by atoms with Gasteiger partial charge in [0.05, 0.1) is 18.8 Å². The van der Waals surface area contributed by atoms with E-state index in [2.05, 4.69) is 39.4 Å². The largest absolute Gasteiger partial charge is 0.493 e. The monoisotopic (exact) mass is 461 g/mol. The third-order valence-electron chi connectivity index (χ3n) is 6.50. The lowest BCUT2D eigenvalue weighted by atomic mass is 10.00. The van der Waals surface area contributed by atoms with Gasteiger partial charge in [0.1, 0.15) is 5.75 Å². The van der Waals surface area contributed by atoms with Crippen LogP contribution in [0.4, 0.5) is 5.69 Å². The number of rotatable bonds is 7. The third-order valence-corrected chi connectivity index (χ3v) is 6.50. The van der Waals surface area contributed by atoms with E-state index in [0.29, 0.717) is 6.61 Å². The average molecular weight is 462 g/mol. The molecule has 4 rings (SSSR count). The van der Waals surface area contributed by atoms with Gasteiger partial charge < -0.3 is 19.9 Å². The van der Waals surface area contributed by atoms with E-state index < -0.39 is 0 Å². The SMILES string of the molecule is CCOc1ccc([C@@H](C)NC(=O)c2cc(N3CCN(C)CC3)ccc2C)cc1-c1cnn(C)c1. The Hall–Kier alpha value is -3.32. The molecule has 1 aliphatic rings. The molecule has 2 aromatic carbocycles. The Kier molecular flexibility index (Phi) is 7.22. The first-order valence-electron chi connectivity index (χ1n) is 12.0. The average Bonchev–Trinajstić information content (AvgIpc) is 3.26. The topological polar surface area (TPSA) is 62.6 Å². The minimum absolute atomic E-state index is 0.0576. The number of amides is 1. The maximum Gasteiger partial charge on any atom is 0.252 e. The number of anilines is 1. The van der Waals surface area contributed by atoms with E-state index in [4.69, 9.17) is 4.74 Å². The Bertz CT molecular complexity index is 1150. The van der Waals surface area contributed by atoms with E-state index in [1.807, 2.05) is 64.5 Å². The molecule has 0 unspecified atom stereocenters. The summed E-state index contributed by atoms with van der Waals surface area (Å²) in [4.78, 5) is 18.0. The van der Waals surface area contributed by atoms with Gasteiger partial charge in [-0.15, -0.1) is 0 Å². The normalized spacial score (nSPS) is 15.3. The van der Waals surface area contributed by atoms with Gasteiger partial charge in [-0.25, -0.2) is 0 Å². The molecule has 2 heterocycles. The van der Waals surface area contributed by atoms with E-state index in [1.54, 1.807) is 4.68 Å². The maximum absolute atomic E-state index is 13.3. The zero-order chi connectivity index (χ0) is 24.2. The fourth-order valence-electron chi connectivity index (χ4n) is 4.36. The van der Waals surface area contributed by atoms with E-state index in [1.165, 1.54) is 0 Å². The summed E-state index contributed by atoms with van der Waals surface area (Å²) in [6, 6.07) is 12.1. The molecule has 1 N–H and O–H groups in total. The van der Waals surface area contributed by atoms with Crippen LogP contribution in [-0.2, 0) is 7.05 Å². The summed E-state index contributed by atoms with van der Waals surface area (Å²) in [5.74, 6) is 0.756. The Labute approximate surface area is 202 Å². The third kappa shape index (κ3) is 5.25. The molecule has 7 nitrogen and oxygen atoms in total. The smallest absolute Gasteiger partial charge is 0.252 e. The maximum atomic E-state index is 13.3. The van der Waals surface area contributed by atoms with Crippen molar-refractivity contribution in [3.8, 4) is 16.9 Å². The number of carbonyl (C=O) groups excluding carboxylic acids is 1. The number of likely N-dealkylation sites (N-methyl/N-ethyl adjacent to an activating group) is 1. The van der Waals surface area contributed by atoms with Gasteiger partial charge in [0.25, 0.3) is 5.91 Å². The van der Waals surface area contributed by atoms with Gasteiger partial charge in [0.15, 0.2) is 0 Å². The van der Waals surface area contributed by atoms with Crippen molar-refractivity contribution >= 4 is 11.6 Å². The molecular weight excluding hydrogens is 426 g/mol. The number of aromatic nitrogens is 2. The van der Waals surface area contributed by atoms with E-state index in [0.717, 1.165) is 65.4 Å². The van der Waals surface area contributed by atoms with Gasteiger partial charge in [-0.05, 0) is 63.2 Å². The highest BCUT2D eigenvalue weighted by Gasteiger charge is 2.19. The van der Waals surface area contributed by atoms with Gasteiger partial charge >= 0.3 is 0 Å². The van der Waals surface area contributed by atoms with Gasteiger partial charge in [0.2, 0.25) is 0 Å². The van der Waals surface area contributed by atoms with Crippen molar-refractivity contribution in [1.82, 2.24) is 20.0 Å². The molecule has 0 bridgehead atoms. The van der Waals surface area contributed by atoms with Crippen molar-refractivity contribution in [2.24, 2.45) is 7.05 Å². The summed E-state index contributed by atoms with van der Waals surface area (Å²) in [6.07, 6.45) is 3.80. The van der Waals surface area contributed by atoms with Crippen LogP contribution in [0.25, 0.3) is 11.1 Å². The van der Waals surface area contributed by atoms with Gasteiger partial charge in [-0.1, -0.05) is 12.1 Å². The van der Waals surface area contributed by atoms with Gasteiger partial charge in [-0.2, -0.15) is 5.10 Å². The molecular formula is C27H35N5O2. The quantitative estimate of drug-likeness (QED) is 0.576. The molecule has 0 radical (unpaired) electrons. The highest BCUT2D eigenvalue weighted by molar-refractivity contribution is 5.97. The molecule has 180 valence electrons. The summed E-state index contributed by atoms with van der Waals surface area (Å²) in [5, 5.41) is 7.50. The Morgan fingerprint density at radius 2 is 1.88 bits per heavy atom. The number of ether oxygens (including phenoxy) is 1. The summed E-state index contributed by atoms with van der Waals surface area (Å²) in [6.45, 7) is 10.6. The van der Waals surface area contributed by atoms with E-state index in [9.17, 15) is 4.79 Å². The van der Waals surface area contributed by atoms with Gasteiger partial charge in [0, 0.05) is 61.8 Å². The highest BCUT2D eigenvalue weighted by Crippen LogP contribution is 2.33. The molecule has 1 aliphatic heterocycles. The first-order valence-corrected chi connectivity index (χ1v) is 12.0. The van der Waals surface area contributed by atoms with Crippen molar-refractivity contribution in [2.45, 2.75) is 26.8 Å². The zero-order valence-electron chi connectivity index (χ0n) is 20.8. The number of nitrogens with zero attached hydrogens (tertiary/aromatic N) is 4. The van der Waals surface area contributed by atoms with Crippen molar-refractivity contribution in [2.75, 3.05) is 44.7 Å². The zero-order valence-corrected chi connectivity index (χ0v) is 20.8. The molecule has 34 heavy (non-hydrogen) atoms. The van der Waals surface area contributed by atoms with Crippen molar-refractivity contribution in [3.05, 3.63) is 65.5 Å². The van der Waals surface area contributed by atoms with Crippen LogP contribution in [-0.4, -0.2) is 60.4 Å². The number of benzene rings is 2. The first kappa shape index (κ1) is 23.8. The minimum Gasteiger partial charge on any atom is -0.493 e. The molecule has 3 aromatic rings. The standard InChI is InChI=1S/C27H35N5O2/c1-6-34-26-10-8-21(15-25(26)22-17-28-31(5)18-22)20(3)29-27(33)24-16-23(9-7-19(24)2)32-13-11-30(4)12-14-32/h7-10,15-18,20H,6,11-14H2,1-5H3,(H,29,33)/t20-/m1/s1.